The summed E-state index contributed by atoms with van der Waals surface area (Å²) < 4.78 is 26.3. The maximum atomic E-state index is 12.7. The van der Waals surface area contributed by atoms with E-state index in [1.165, 1.54) is 18.3 Å². The second-order valence-electron chi connectivity index (χ2n) is 7.03. The molecule has 0 aliphatic carbocycles. The van der Waals surface area contributed by atoms with Gasteiger partial charge >= 0.3 is 11.9 Å². The van der Waals surface area contributed by atoms with E-state index in [4.69, 9.17) is 5.11 Å². The maximum Gasteiger partial charge on any atom is 0.337 e. The van der Waals surface area contributed by atoms with E-state index in [0.29, 0.717) is 16.5 Å². The number of para-hydroxylation sites is 2. The van der Waals surface area contributed by atoms with Crippen LogP contribution in [-0.2, 0) is 10.0 Å². The fourth-order valence-corrected chi connectivity index (χ4v) is 4.86. The van der Waals surface area contributed by atoms with Crippen molar-refractivity contribution in [3.05, 3.63) is 102 Å². The normalized spacial score (nSPS) is 11.2. The van der Waals surface area contributed by atoms with Crippen molar-refractivity contribution in [2.45, 2.75) is 4.90 Å². The second-order valence-corrected chi connectivity index (χ2v) is 8.85. The first-order valence-electron chi connectivity index (χ1n) is 9.74. The molecule has 166 valence electrons. The van der Waals surface area contributed by atoms with Crippen LogP contribution in [0.25, 0.3) is 21.8 Å². The molecule has 3 N–H and O–H groups in total. The molecule has 5 rings (SSSR count). The number of nitrogens with one attached hydrogen (secondary N) is 1. The molecule has 8 nitrogen and oxygen atoms in total. The lowest BCUT2D eigenvalue weighted by atomic mass is 10.2. The second kappa shape index (κ2) is 8.64. The molecule has 2 aromatic heterocycles. The Morgan fingerprint density at radius 3 is 1.97 bits per heavy atom. The molecule has 0 bridgehead atoms. The molecule has 5 aromatic rings. The summed E-state index contributed by atoms with van der Waals surface area (Å²) >= 11 is 0. The first-order valence-corrected chi connectivity index (χ1v) is 11.2. The zero-order valence-electron chi connectivity index (χ0n) is 17.0. The Morgan fingerprint density at radius 1 is 0.727 bits per heavy atom. The van der Waals surface area contributed by atoms with Gasteiger partial charge in [0.15, 0.2) is 0 Å². The van der Waals surface area contributed by atoms with Gasteiger partial charge in [0.2, 0.25) is 0 Å². The van der Waals surface area contributed by atoms with Crippen molar-refractivity contribution in [2.75, 3.05) is 0 Å². The van der Waals surface area contributed by atoms with Crippen LogP contribution in [0.4, 0.5) is 0 Å². The van der Waals surface area contributed by atoms with Crippen molar-refractivity contribution in [1.29, 1.82) is 0 Å². The minimum atomic E-state index is -3.82. The largest absolute Gasteiger partial charge is 0.478 e. The molecule has 0 aliphatic rings. The predicted octanol–water partition coefficient (Wildman–Crippen LogP) is 4.44. The molecule has 0 saturated carbocycles. The van der Waals surface area contributed by atoms with E-state index in [0.717, 1.165) is 21.1 Å². The van der Waals surface area contributed by atoms with Crippen LogP contribution in [0, 0.1) is 0 Å². The molecule has 9 heteroatoms. The Kier molecular flexibility index (Phi) is 5.72. The number of H-pyrrole nitrogens is 1. The summed E-state index contributed by atoms with van der Waals surface area (Å²) in [4.78, 5) is 24.9. The van der Waals surface area contributed by atoms with Gasteiger partial charge in [-0.05, 0) is 24.3 Å². The van der Waals surface area contributed by atoms with Crippen LogP contribution in [0.15, 0.2) is 96.2 Å². The van der Waals surface area contributed by atoms with Crippen molar-refractivity contribution >= 4 is 43.8 Å². The smallest absolute Gasteiger partial charge is 0.337 e. The molecule has 0 saturated heterocycles. The molecule has 0 unspecified atom stereocenters. The Labute approximate surface area is 188 Å². The summed E-state index contributed by atoms with van der Waals surface area (Å²) in [5.74, 6) is -2.05. The first-order chi connectivity index (χ1) is 15.8. The van der Waals surface area contributed by atoms with Crippen LogP contribution in [-0.4, -0.2) is 39.5 Å². The van der Waals surface area contributed by atoms with Crippen molar-refractivity contribution in [3.63, 3.8) is 0 Å². The van der Waals surface area contributed by atoms with Gasteiger partial charge in [-0.1, -0.05) is 54.6 Å². The topological polar surface area (TPSA) is 129 Å². The number of benzene rings is 3. The van der Waals surface area contributed by atoms with Gasteiger partial charge in [0, 0.05) is 28.7 Å². The highest BCUT2D eigenvalue weighted by molar-refractivity contribution is 7.90. The summed E-state index contributed by atoms with van der Waals surface area (Å²) in [7, 11) is -3.82. The minimum absolute atomic E-state index is 0.0369. The molecule has 0 fully saturated rings. The van der Waals surface area contributed by atoms with Crippen molar-refractivity contribution in [3.8, 4) is 0 Å². The molecule has 3 aromatic carbocycles. The van der Waals surface area contributed by atoms with E-state index in [1.54, 1.807) is 48.5 Å². The highest BCUT2D eigenvalue weighted by atomic mass is 32.2. The number of carboxylic acid groups (broad SMARTS) is 2. The van der Waals surface area contributed by atoms with Gasteiger partial charge in [0.25, 0.3) is 10.0 Å². The van der Waals surface area contributed by atoms with Crippen molar-refractivity contribution < 1.29 is 28.2 Å². The molecule has 33 heavy (non-hydrogen) atoms. The van der Waals surface area contributed by atoms with Crippen LogP contribution in [0.1, 0.15) is 20.7 Å². The monoisotopic (exact) mass is 462 g/mol. The van der Waals surface area contributed by atoms with E-state index in [9.17, 15) is 23.1 Å². The number of fused-ring (bicyclic) bond motifs is 2. The predicted molar refractivity (Wildman–Crippen MR) is 123 cm³/mol. The quantitative estimate of drug-likeness (QED) is 0.362. The third kappa shape index (κ3) is 4.09. The van der Waals surface area contributed by atoms with Gasteiger partial charge in [0.05, 0.1) is 21.5 Å². The lowest BCUT2D eigenvalue weighted by Gasteiger charge is -2.06. The van der Waals surface area contributed by atoms with Crippen LogP contribution < -0.4 is 0 Å². The number of aromatic amines is 1. The molecule has 0 spiro atoms. The van der Waals surface area contributed by atoms with Crippen molar-refractivity contribution in [2.24, 2.45) is 0 Å². The highest BCUT2D eigenvalue weighted by Gasteiger charge is 2.22. The Bertz CT molecular complexity index is 1580. The molecular formula is C24H18N2O6S. The molecule has 2 heterocycles. The maximum absolute atomic E-state index is 12.7. The zero-order chi connectivity index (χ0) is 23.6. The molecular weight excluding hydrogens is 444 g/mol. The fraction of sp³-hybridized carbons (Fsp3) is 0. The molecule has 0 atom stereocenters. The minimum Gasteiger partial charge on any atom is -0.478 e. The Morgan fingerprint density at radius 2 is 1.30 bits per heavy atom. The number of nitrogens with zero attached hydrogens (tertiary/aromatic N) is 1. The standard InChI is InChI=1S/C15H11NO4S.C9H7NO2/c17-15(18)13-10-16(14-9-5-4-8-12(13)14)21(19,20)11-6-2-1-3-7-11;11-9(12)7-5-10-8-4-2-1-3-6(7)8/h1-10H,(H,17,18);1-5,10H,(H,11,12). The average Bonchev–Trinajstić information content (AvgIpc) is 3.43. The number of carboxylic acids is 2. The number of hydrogen-bond donors (Lipinski definition) is 3. The summed E-state index contributed by atoms with van der Waals surface area (Å²) in [5, 5.41) is 19.1. The van der Waals surface area contributed by atoms with Gasteiger partial charge in [-0.25, -0.2) is 22.0 Å². The van der Waals surface area contributed by atoms with Crippen LogP contribution in [0.2, 0.25) is 0 Å². The van der Waals surface area contributed by atoms with E-state index in [2.05, 4.69) is 4.98 Å². The zero-order valence-corrected chi connectivity index (χ0v) is 17.9. The number of aromatic carboxylic acids is 2. The summed E-state index contributed by atoms with van der Waals surface area (Å²) in [6.45, 7) is 0. The van der Waals surface area contributed by atoms with Crippen LogP contribution in [0.3, 0.4) is 0 Å². The van der Waals surface area contributed by atoms with Gasteiger partial charge in [0.1, 0.15) is 0 Å². The average molecular weight is 462 g/mol. The first kappa shape index (κ1) is 21.8. The van der Waals surface area contributed by atoms with E-state index in [1.807, 2.05) is 18.2 Å². The molecule has 0 amide bonds. The Balaban J connectivity index is 0.000000183. The van der Waals surface area contributed by atoms with E-state index < -0.39 is 22.0 Å². The van der Waals surface area contributed by atoms with Gasteiger partial charge in [-0.2, -0.15) is 0 Å². The SMILES string of the molecule is O=C(O)c1c[nH]c2ccccc12.O=C(O)c1cn(S(=O)(=O)c2ccccc2)c2ccccc12. The summed E-state index contributed by atoms with van der Waals surface area (Å²) in [6, 6.07) is 21.8. The van der Waals surface area contributed by atoms with Gasteiger partial charge in [-0.15, -0.1) is 0 Å². The number of hydrogen-bond acceptors (Lipinski definition) is 4. The summed E-state index contributed by atoms with van der Waals surface area (Å²) in [5.41, 5.74) is 1.49. The molecule has 0 aliphatic heterocycles. The van der Waals surface area contributed by atoms with E-state index in [-0.39, 0.29) is 10.5 Å². The number of carbonyl (C=O) groups is 2. The fourth-order valence-electron chi connectivity index (χ4n) is 3.47. The van der Waals surface area contributed by atoms with Gasteiger partial charge in [-0.3, -0.25) is 0 Å². The van der Waals surface area contributed by atoms with Crippen LogP contribution in [0.5, 0.6) is 0 Å². The van der Waals surface area contributed by atoms with Crippen molar-refractivity contribution in [1.82, 2.24) is 8.96 Å². The van der Waals surface area contributed by atoms with Crippen LogP contribution >= 0.6 is 0 Å². The Hall–Kier alpha value is -4.37. The van der Waals surface area contributed by atoms with Gasteiger partial charge < -0.3 is 15.2 Å². The molecule has 0 radical (unpaired) electrons. The third-order valence-corrected chi connectivity index (χ3v) is 6.72. The number of aromatic nitrogens is 2. The lowest BCUT2D eigenvalue weighted by Crippen LogP contribution is -2.11. The highest BCUT2D eigenvalue weighted by Crippen LogP contribution is 2.26. The number of rotatable bonds is 4. The third-order valence-electron chi connectivity index (χ3n) is 5.03. The summed E-state index contributed by atoms with van der Waals surface area (Å²) in [6.07, 6.45) is 2.66. The van der Waals surface area contributed by atoms with E-state index >= 15 is 0 Å². The lowest BCUT2D eigenvalue weighted by molar-refractivity contribution is 0.0688.